The zero-order chi connectivity index (χ0) is 9.14. The maximum Gasteiger partial charge on any atom is 0.330 e. The van der Waals surface area contributed by atoms with Crippen LogP contribution in [0.2, 0.25) is 0 Å². The van der Waals surface area contributed by atoms with E-state index in [-0.39, 0.29) is 12.4 Å². The van der Waals surface area contributed by atoms with Crippen LogP contribution in [0.1, 0.15) is 0 Å². The van der Waals surface area contributed by atoms with Crippen LogP contribution in [0.3, 0.4) is 0 Å². The lowest BCUT2D eigenvalue weighted by molar-refractivity contribution is 0.127. The molecule has 0 spiro atoms. The van der Waals surface area contributed by atoms with Crippen molar-refractivity contribution < 1.29 is 4.74 Å². The van der Waals surface area contributed by atoms with Crippen LogP contribution in [-0.2, 0) is 11.5 Å². The Labute approximate surface area is 67.6 Å². The van der Waals surface area contributed by atoms with Gasteiger partial charge in [-0.15, -0.1) is 0 Å². The SMILES string of the molecule is COCn1cc(N)c(=O)[nH]c1=O. The summed E-state index contributed by atoms with van der Waals surface area (Å²) in [7, 11) is 1.44. The number of rotatable bonds is 2. The highest BCUT2D eigenvalue weighted by Gasteiger charge is 1.99. The Hall–Kier alpha value is -1.56. The Morgan fingerprint density at radius 3 is 2.92 bits per heavy atom. The van der Waals surface area contributed by atoms with Gasteiger partial charge < -0.3 is 10.5 Å². The quantitative estimate of drug-likeness (QED) is 0.580. The summed E-state index contributed by atoms with van der Waals surface area (Å²) in [4.78, 5) is 23.8. The molecule has 0 radical (unpaired) electrons. The average molecular weight is 171 g/mol. The molecule has 1 heterocycles. The van der Waals surface area contributed by atoms with Crippen molar-refractivity contribution in [3.8, 4) is 0 Å². The largest absolute Gasteiger partial charge is 0.393 e. The number of methoxy groups -OCH3 is 1. The van der Waals surface area contributed by atoms with Crippen LogP contribution in [0, 0.1) is 0 Å². The lowest BCUT2D eigenvalue weighted by atomic mass is 10.5. The normalized spacial score (nSPS) is 10.1. The van der Waals surface area contributed by atoms with Crippen LogP contribution in [0.25, 0.3) is 0 Å². The predicted octanol–water partition coefficient (Wildman–Crippen LogP) is -1.28. The monoisotopic (exact) mass is 171 g/mol. The predicted molar refractivity (Wildman–Crippen MR) is 42.7 cm³/mol. The van der Waals surface area contributed by atoms with Gasteiger partial charge in [-0.3, -0.25) is 14.3 Å². The Bertz CT molecular complexity index is 378. The third-order valence-corrected chi connectivity index (χ3v) is 1.31. The molecule has 0 unspecified atom stereocenters. The van der Waals surface area contributed by atoms with Crippen molar-refractivity contribution in [1.82, 2.24) is 9.55 Å². The van der Waals surface area contributed by atoms with Crippen LogP contribution in [0.4, 0.5) is 5.69 Å². The molecular weight excluding hydrogens is 162 g/mol. The summed E-state index contributed by atoms with van der Waals surface area (Å²) in [5.74, 6) is 0. The molecule has 0 aliphatic heterocycles. The molecule has 12 heavy (non-hydrogen) atoms. The van der Waals surface area contributed by atoms with Gasteiger partial charge >= 0.3 is 5.69 Å². The molecule has 6 heteroatoms. The summed E-state index contributed by atoms with van der Waals surface area (Å²) in [5.41, 5.74) is 4.15. The van der Waals surface area contributed by atoms with Gasteiger partial charge in [0.05, 0.1) is 0 Å². The molecule has 6 nitrogen and oxygen atoms in total. The van der Waals surface area contributed by atoms with E-state index in [4.69, 9.17) is 5.73 Å². The van der Waals surface area contributed by atoms with Gasteiger partial charge in [-0.2, -0.15) is 0 Å². The molecule has 66 valence electrons. The van der Waals surface area contributed by atoms with E-state index in [2.05, 4.69) is 4.74 Å². The first-order valence-corrected chi connectivity index (χ1v) is 3.23. The van der Waals surface area contributed by atoms with Crippen molar-refractivity contribution in [2.75, 3.05) is 12.8 Å². The number of H-pyrrole nitrogens is 1. The second-order valence-electron chi connectivity index (χ2n) is 2.23. The van der Waals surface area contributed by atoms with Gasteiger partial charge in [-0.1, -0.05) is 0 Å². The van der Waals surface area contributed by atoms with Crippen molar-refractivity contribution in [1.29, 1.82) is 0 Å². The first-order valence-electron chi connectivity index (χ1n) is 3.23. The number of ether oxygens (including phenoxy) is 1. The average Bonchev–Trinajstić information content (AvgIpc) is 2.01. The highest BCUT2D eigenvalue weighted by molar-refractivity contribution is 5.29. The second-order valence-corrected chi connectivity index (χ2v) is 2.23. The van der Waals surface area contributed by atoms with Gasteiger partial charge in [-0.05, 0) is 0 Å². The molecule has 1 aromatic rings. The van der Waals surface area contributed by atoms with Gasteiger partial charge in [0.25, 0.3) is 5.56 Å². The molecule has 0 aliphatic rings. The standard InChI is InChI=1S/C6H9N3O3/c1-12-3-9-2-4(7)5(10)8-6(9)11/h2H,3,7H2,1H3,(H,8,10,11). The molecule has 0 amide bonds. The molecule has 0 saturated heterocycles. The maximum atomic E-state index is 11.0. The molecule has 0 fully saturated rings. The van der Waals surface area contributed by atoms with Gasteiger partial charge in [0.15, 0.2) is 0 Å². The zero-order valence-corrected chi connectivity index (χ0v) is 6.53. The minimum Gasteiger partial charge on any atom is -0.393 e. The Balaban J connectivity index is 3.24. The van der Waals surface area contributed by atoms with E-state index in [0.717, 1.165) is 4.57 Å². The van der Waals surface area contributed by atoms with Crippen LogP contribution in [0.15, 0.2) is 15.8 Å². The number of hydrogen-bond donors (Lipinski definition) is 2. The lowest BCUT2D eigenvalue weighted by Crippen LogP contribution is -2.31. The van der Waals surface area contributed by atoms with Crippen molar-refractivity contribution in [2.24, 2.45) is 0 Å². The number of aromatic amines is 1. The fraction of sp³-hybridized carbons (Fsp3) is 0.333. The topological polar surface area (TPSA) is 90.1 Å². The maximum absolute atomic E-state index is 11.0. The molecular formula is C6H9N3O3. The number of anilines is 1. The van der Waals surface area contributed by atoms with Gasteiger partial charge in [0, 0.05) is 13.3 Å². The third-order valence-electron chi connectivity index (χ3n) is 1.31. The van der Waals surface area contributed by atoms with Crippen LogP contribution in [-0.4, -0.2) is 16.7 Å². The second kappa shape index (κ2) is 3.22. The summed E-state index contributed by atoms with van der Waals surface area (Å²) in [5, 5.41) is 0. The van der Waals surface area contributed by atoms with E-state index in [0.29, 0.717) is 0 Å². The van der Waals surface area contributed by atoms with Gasteiger partial charge in [0.2, 0.25) is 0 Å². The molecule has 0 aromatic carbocycles. The highest BCUT2D eigenvalue weighted by atomic mass is 16.5. The van der Waals surface area contributed by atoms with Gasteiger partial charge in [-0.25, -0.2) is 4.79 Å². The van der Waals surface area contributed by atoms with E-state index in [1.165, 1.54) is 13.3 Å². The Morgan fingerprint density at radius 1 is 1.67 bits per heavy atom. The van der Waals surface area contributed by atoms with Gasteiger partial charge in [0.1, 0.15) is 12.4 Å². The molecule has 0 atom stereocenters. The smallest absolute Gasteiger partial charge is 0.330 e. The fourth-order valence-corrected chi connectivity index (χ4v) is 0.761. The summed E-state index contributed by atoms with van der Waals surface area (Å²) < 4.78 is 5.85. The number of nitrogen functional groups attached to an aromatic ring is 1. The van der Waals surface area contributed by atoms with Crippen LogP contribution < -0.4 is 17.0 Å². The first-order chi connectivity index (χ1) is 5.65. The van der Waals surface area contributed by atoms with Crippen LogP contribution in [0.5, 0.6) is 0 Å². The lowest BCUT2D eigenvalue weighted by Gasteiger charge is -2.02. The van der Waals surface area contributed by atoms with E-state index in [1.807, 2.05) is 4.98 Å². The summed E-state index contributed by atoms with van der Waals surface area (Å²) in [6, 6.07) is 0. The molecule has 1 rings (SSSR count). The highest BCUT2D eigenvalue weighted by Crippen LogP contribution is 1.86. The number of hydrogen-bond acceptors (Lipinski definition) is 4. The van der Waals surface area contributed by atoms with Crippen LogP contribution >= 0.6 is 0 Å². The molecule has 1 aromatic heterocycles. The Kier molecular flexibility index (Phi) is 2.29. The summed E-state index contributed by atoms with van der Waals surface area (Å²) in [6.07, 6.45) is 1.24. The number of nitrogens with two attached hydrogens (primary N) is 1. The van der Waals surface area contributed by atoms with Crippen molar-refractivity contribution in [3.05, 3.63) is 27.0 Å². The van der Waals surface area contributed by atoms with E-state index < -0.39 is 11.2 Å². The van der Waals surface area contributed by atoms with Crippen molar-refractivity contribution in [2.45, 2.75) is 6.73 Å². The summed E-state index contributed by atoms with van der Waals surface area (Å²) in [6.45, 7) is 0.0693. The zero-order valence-electron chi connectivity index (χ0n) is 6.53. The number of nitrogens with zero attached hydrogens (tertiary/aromatic N) is 1. The fourth-order valence-electron chi connectivity index (χ4n) is 0.761. The van der Waals surface area contributed by atoms with E-state index >= 15 is 0 Å². The summed E-state index contributed by atoms with van der Waals surface area (Å²) >= 11 is 0. The van der Waals surface area contributed by atoms with Crippen molar-refractivity contribution in [3.63, 3.8) is 0 Å². The van der Waals surface area contributed by atoms with E-state index in [1.54, 1.807) is 0 Å². The minimum atomic E-state index is -0.577. The number of aromatic nitrogens is 2. The van der Waals surface area contributed by atoms with Crippen molar-refractivity contribution >= 4 is 5.69 Å². The van der Waals surface area contributed by atoms with E-state index in [9.17, 15) is 9.59 Å². The molecule has 0 saturated carbocycles. The Morgan fingerprint density at radius 2 is 2.33 bits per heavy atom. The molecule has 3 N–H and O–H groups in total. The third kappa shape index (κ3) is 1.54. The number of nitrogens with one attached hydrogen (secondary N) is 1. The minimum absolute atomic E-state index is 0.00773. The first kappa shape index (κ1) is 8.54. The molecule has 0 bridgehead atoms. The molecule has 0 aliphatic carbocycles.